The summed E-state index contributed by atoms with van der Waals surface area (Å²) >= 11 is 0. The minimum absolute atomic E-state index is 0.0123. The van der Waals surface area contributed by atoms with E-state index in [1.54, 1.807) is 30.5 Å². The number of Topliss-reactive ketones (excluding diaryl/α,β-unsaturated/α-hetero) is 1. The second-order valence-corrected chi connectivity index (χ2v) is 9.05. The molecule has 4 rings (SSSR count). The van der Waals surface area contributed by atoms with Gasteiger partial charge in [0.1, 0.15) is 16.5 Å². The number of para-hydroxylation sites is 1. The van der Waals surface area contributed by atoms with Gasteiger partial charge in [-0.15, -0.1) is 0 Å². The predicted octanol–water partition coefficient (Wildman–Crippen LogP) is 5.04. The Bertz CT molecular complexity index is 1560. The van der Waals surface area contributed by atoms with Crippen LogP contribution in [0.2, 0.25) is 0 Å². The van der Waals surface area contributed by atoms with Crippen LogP contribution in [0.5, 0.6) is 11.5 Å². The Labute approximate surface area is 197 Å². The topological polar surface area (TPSA) is 109 Å². The molecule has 0 amide bonds. The Kier molecular flexibility index (Phi) is 6.21. The number of nitrogens with one attached hydrogen (secondary N) is 1. The number of H-pyrrole nitrogens is 1. The molecule has 0 aliphatic carbocycles. The number of ketones is 1. The number of hydrogen-bond donors (Lipinski definition) is 1. The number of rotatable bonds is 7. The molecule has 7 nitrogen and oxygen atoms in total. The van der Waals surface area contributed by atoms with Gasteiger partial charge in [-0.1, -0.05) is 42.0 Å². The van der Waals surface area contributed by atoms with Gasteiger partial charge in [0, 0.05) is 22.7 Å². The zero-order valence-electron chi connectivity index (χ0n) is 18.4. The maximum atomic E-state index is 13.0. The van der Waals surface area contributed by atoms with Crippen LogP contribution in [-0.2, 0) is 10.1 Å². The molecule has 0 fully saturated rings. The third kappa shape index (κ3) is 4.56. The van der Waals surface area contributed by atoms with Crippen LogP contribution in [0.15, 0.2) is 83.4 Å². The fourth-order valence-electron chi connectivity index (χ4n) is 3.43. The molecule has 0 saturated heterocycles. The first-order valence-corrected chi connectivity index (χ1v) is 11.6. The van der Waals surface area contributed by atoms with Crippen LogP contribution in [0, 0.1) is 18.3 Å². The molecule has 0 radical (unpaired) electrons. The van der Waals surface area contributed by atoms with Gasteiger partial charge in [-0.25, -0.2) is 0 Å². The van der Waals surface area contributed by atoms with E-state index in [9.17, 15) is 18.5 Å². The molecule has 170 valence electrons. The standard InChI is InChI=1S/C26H20N2O5S/c1-17-7-10-20(11-8-17)34(30,31)33-24-12-9-18(14-25(24)32-2)13-19(15-27)26(29)22-16-28-23-6-4-3-5-21(22)23/h3-14,16,28H,1-2H3/b19-13+. The second-order valence-electron chi connectivity index (χ2n) is 7.51. The number of nitrogens with zero attached hydrogens (tertiary/aromatic N) is 1. The number of aromatic amines is 1. The normalized spacial score (nSPS) is 11.7. The van der Waals surface area contributed by atoms with Crippen molar-refractivity contribution in [2.24, 2.45) is 0 Å². The highest BCUT2D eigenvalue weighted by Crippen LogP contribution is 2.32. The van der Waals surface area contributed by atoms with Crippen molar-refractivity contribution in [3.63, 3.8) is 0 Å². The molecule has 0 atom stereocenters. The van der Waals surface area contributed by atoms with Crippen molar-refractivity contribution in [2.45, 2.75) is 11.8 Å². The lowest BCUT2D eigenvalue weighted by Crippen LogP contribution is -2.10. The molecular weight excluding hydrogens is 452 g/mol. The monoisotopic (exact) mass is 472 g/mol. The van der Waals surface area contributed by atoms with Crippen LogP contribution < -0.4 is 8.92 Å². The molecule has 0 spiro atoms. The highest BCUT2D eigenvalue weighted by molar-refractivity contribution is 7.87. The summed E-state index contributed by atoms with van der Waals surface area (Å²) in [5.74, 6) is -0.302. The van der Waals surface area contributed by atoms with Crippen molar-refractivity contribution in [1.29, 1.82) is 5.26 Å². The summed E-state index contributed by atoms with van der Waals surface area (Å²) in [5.41, 5.74) is 2.50. The van der Waals surface area contributed by atoms with E-state index in [0.717, 1.165) is 16.5 Å². The third-order valence-electron chi connectivity index (χ3n) is 5.21. The van der Waals surface area contributed by atoms with E-state index in [4.69, 9.17) is 8.92 Å². The van der Waals surface area contributed by atoms with E-state index in [-0.39, 0.29) is 22.0 Å². The molecule has 1 N–H and O–H groups in total. The van der Waals surface area contributed by atoms with Crippen LogP contribution >= 0.6 is 0 Å². The average Bonchev–Trinajstić information content (AvgIpc) is 3.27. The van der Waals surface area contributed by atoms with Gasteiger partial charge in [0.25, 0.3) is 0 Å². The van der Waals surface area contributed by atoms with Crippen LogP contribution in [0.25, 0.3) is 17.0 Å². The Morgan fingerprint density at radius 2 is 1.76 bits per heavy atom. The number of benzene rings is 3. The summed E-state index contributed by atoms with van der Waals surface area (Å²) in [7, 11) is -2.70. The Hall–Kier alpha value is -4.35. The van der Waals surface area contributed by atoms with E-state index < -0.39 is 15.9 Å². The molecular formula is C26H20N2O5S. The summed E-state index contributed by atoms with van der Waals surface area (Å²) in [6.45, 7) is 1.85. The summed E-state index contributed by atoms with van der Waals surface area (Å²) in [6.07, 6.45) is 3.00. The highest BCUT2D eigenvalue weighted by atomic mass is 32.2. The number of fused-ring (bicyclic) bond motifs is 1. The first-order valence-electron chi connectivity index (χ1n) is 10.2. The Morgan fingerprint density at radius 3 is 2.47 bits per heavy atom. The minimum Gasteiger partial charge on any atom is -0.493 e. The summed E-state index contributed by atoms with van der Waals surface area (Å²) in [5, 5.41) is 10.3. The Morgan fingerprint density at radius 1 is 1.03 bits per heavy atom. The summed E-state index contributed by atoms with van der Waals surface area (Å²) in [4.78, 5) is 16.0. The van der Waals surface area contributed by atoms with E-state index >= 15 is 0 Å². The van der Waals surface area contributed by atoms with Crippen molar-refractivity contribution in [3.05, 3.63) is 95.2 Å². The molecule has 0 aliphatic heterocycles. The van der Waals surface area contributed by atoms with Gasteiger partial charge in [0.15, 0.2) is 11.5 Å². The molecule has 1 heterocycles. The van der Waals surface area contributed by atoms with Crippen molar-refractivity contribution < 1.29 is 22.1 Å². The fourth-order valence-corrected chi connectivity index (χ4v) is 4.37. The number of hydrogen-bond acceptors (Lipinski definition) is 6. The number of aromatic nitrogens is 1. The number of nitriles is 1. The summed E-state index contributed by atoms with van der Waals surface area (Å²) in [6, 6.07) is 20.0. The smallest absolute Gasteiger partial charge is 0.339 e. The molecule has 0 bridgehead atoms. The number of allylic oxidation sites excluding steroid dienone is 1. The van der Waals surface area contributed by atoms with E-state index in [1.165, 1.54) is 37.5 Å². The predicted molar refractivity (Wildman–Crippen MR) is 128 cm³/mol. The van der Waals surface area contributed by atoms with Crippen molar-refractivity contribution >= 4 is 32.9 Å². The number of methoxy groups -OCH3 is 1. The van der Waals surface area contributed by atoms with Crippen molar-refractivity contribution in [1.82, 2.24) is 4.98 Å². The van der Waals surface area contributed by atoms with Crippen LogP contribution in [-0.4, -0.2) is 26.3 Å². The molecule has 0 aliphatic rings. The third-order valence-corrected chi connectivity index (χ3v) is 6.46. The van der Waals surface area contributed by atoms with Crippen LogP contribution in [0.4, 0.5) is 0 Å². The largest absolute Gasteiger partial charge is 0.493 e. The number of carbonyl (C=O) groups excluding carboxylic acids is 1. The minimum atomic E-state index is -4.07. The molecule has 3 aromatic carbocycles. The van der Waals surface area contributed by atoms with Crippen LogP contribution in [0.1, 0.15) is 21.5 Å². The first kappa shape index (κ1) is 22.8. The van der Waals surface area contributed by atoms with Gasteiger partial charge in [-0.2, -0.15) is 13.7 Å². The van der Waals surface area contributed by atoms with Gasteiger partial charge < -0.3 is 13.9 Å². The highest BCUT2D eigenvalue weighted by Gasteiger charge is 2.20. The first-order chi connectivity index (χ1) is 16.3. The van der Waals surface area contributed by atoms with Gasteiger partial charge in [-0.05, 0) is 48.9 Å². The average molecular weight is 473 g/mol. The summed E-state index contributed by atoms with van der Waals surface area (Å²) < 4.78 is 35.9. The fraction of sp³-hybridized carbons (Fsp3) is 0.0769. The quantitative estimate of drug-likeness (QED) is 0.175. The van der Waals surface area contributed by atoms with Gasteiger partial charge in [0.05, 0.1) is 7.11 Å². The maximum Gasteiger partial charge on any atom is 0.339 e. The lowest BCUT2D eigenvalue weighted by Gasteiger charge is -2.11. The zero-order valence-corrected chi connectivity index (χ0v) is 19.2. The van der Waals surface area contributed by atoms with Gasteiger partial charge >= 0.3 is 10.1 Å². The van der Waals surface area contributed by atoms with Crippen molar-refractivity contribution in [2.75, 3.05) is 7.11 Å². The van der Waals surface area contributed by atoms with Gasteiger partial charge in [0.2, 0.25) is 5.78 Å². The van der Waals surface area contributed by atoms with E-state index in [0.29, 0.717) is 11.1 Å². The molecule has 8 heteroatoms. The van der Waals surface area contributed by atoms with E-state index in [2.05, 4.69) is 4.98 Å². The second kappa shape index (κ2) is 9.25. The molecule has 1 aromatic heterocycles. The SMILES string of the molecule is COc1cc(/C=C(\C#N)C(=O)c2c[nH]c3ccccc23)ccc1OS(=O)(=O)c1ccc(C)cc1. The molecule has 34 heavy (non-hydrogen) atoms. The number of aryl methyl sites for hydroxylation is 1. The van der Waals surface area contributed by atoms with Crippen molar-refractivity contribution in [3.8, 4) is 17.6 Å². The number of carbonyl (C=O) groups is 1. The number of ether oxygens (including phenoxy) is 1. The Balaban J connectivity index is 1.64. The van der Waals surface area contributed by atoms with Crippen LogP contribution in [0.3, 0.4) is 0 Å². The molecule has 0 saturated carbocycles. The molecule has 4 aromatic rings. The zero-order chi connectivity index (χ0) is 24.3. The van der Waals surface area contributed by atoms with E-state index in [1.807, 2.05) is 31.2 Å². The van der Waals surface area contributed by atoms with Gasteiger partial charge in [-0.3, -0.25) is 4.79 Å². The molecule has 0 unspecified atom stereocenters. The lowest BCUT2D eigenvalue weighted by atomic mass is 10.0. The lowest BCUT2D eigenvalue weighted by molar-refractivity contribution is 0.104. The maximum absolute atomic E-state index is 13.0.